The monoisotopic (exact) mass is 282 g/mol. The molecular formula is C17H18N2O2. The molecule has 0 fully saturated rings. The third kappa shape index (κ3) is 2.62. The van der Waals surface area contributed by atoms with Gasteiger partial charge in [0, 0.05) is 24.7 Å². The van der Waals surface area contributed by atoms with Crippen molar-refractivity contribution in [1.82, 2.24) is 4.90 Å². The number of benzene rings is 2. The van der Waals surface area contributed by atoms with E-state index in [1.54, 1.807) is 12.1 Å². The van der Waals surface area contributed by atoms with E-state index in [9.17, 15) is 9.90 Å². The van der Waals surface area contributed by atoms with E-state index in [0.29, 0.717) is 18.7 Å². The van der Waals surface area contributed by atoms with Crippen molar-refractivity contribution in [2.24, 2.45) is 5.73 Å². The Bertz CT molecular complexity index is 652. The first kappa shape index (κ1) is 13.6. The fraction of sp³-hybridized carbons (Fsp3) is 0.235. The van der Waals surface area contributed by atoms with Crippen LogP contribution in [0.5, 0.6) is 5.75 Å². The summed E-state index contributed by atoms with van der Waals surface area (Å²) in [6, 6.07) is 14.5. The van der Waals surface area contributed by atoms with Crippen molar-refractivity contribution in [3.63, 3.8) is 0 Å². The summed E-state index contributed by atoms with van der Waals surface area (Å²) < 4.78 is 0. The van der Waals surface area contributed by atoms with Crippen molar-refractivity contribution >= 4 is 5.91 Å². The van der Waals surface area contributed by atoms with Crippen molar-refractivity contribution in [3.8, 4) is 5.75 Å². The molecule has 21 heavy (non-hydrogen) atoms. The summed E-state index contributed by atoms with van der Waals surface area (Å²) in [5.41, 5.74) is 8.87. The average Bonchev–Trinajstić information content (AvgIpc) is 2.53. The van der Waals surface area contributed by atoms with Gasteiger partial charge in [-0.05, 0) is 41.8 Å². The van der Waals surface area contributed by atoms with E-state index in [1.165, 1.54) is 23.3 Å². The molecule has 4 heteroatoms. The zero-order valence-corrected chi connectivity index (χ0v) is 11.7. The summed E-state index contributed by atoms with van der Waals surface area (Å²) in [6.07, 6.45) is 0.788. The maximum atomic E-state index is 12.7. The Hall–Kier alpha value is -2.33. The lowest BCUT2D eigenvalue weighted by Gasteiger charge is -2.36. The number of aromatic hydroxyl groups is 1. The maximum absolute atomic E-state index is 12.7. The Labute approximate surface area is 123 Å². The number of fused-ring (bicyclic) bond motifs is 1. The van der Waals surface area contributed by atoms with Crippen LogP contribution in [0.4, 0.5) is 0 Å². The summed E-state index contributed by atoms with van der Waals surface area (Å²) in [4.78, 5) is 14.5. The number of amides is 1. The van der Waals surface area contributed by atoms with Crippen LogP contribution < -0.4 is 5.73 Å². The van der Waals surface area contributed by atoms with Crippen molar-refractivity contribution in [2.75, 3.05) is 6.54 Å². The fourth-order valence-corrected chi connectivity index (χ4v) is 2.81. The molecule has 1 amide bonds. The van der Waals surface area contributed by atoms with Gasteiger partial charge in [0.1, 0.15) is 5.75 Å². The SMILES string of the molecule is NC[C@@H]1Cc2ccccc2CN1C(=O)c1ccc(O)cc1. The molecule has 4 nitrogen and oxygen atoms in total. The minimum Gasteiger partial charge on any atom is -0.508 e. The van der Waals surface area contributed by atoms with Crippen molar-refractivity contribution < 1.29 is 9.90 Å². The molecule has 0 aromatic heterocycles. The van der Waals surface area contributed by atoms with E-state index in [2.05, 4.69) is 12.1 Å². The van der Waals surface area contributed by atoms with Gasteiger partial charge in [0.2, 0.25) is 0 Å². The van der Waals surface area contributed by atoms with Crippen molar-refractivity contribution in [1.29, 1.82) is 0 Å². The predicted molar refractivity (Wildman–Crippen MR) is 81.0 cm³/mol. The van der Waals surface area contributed by atoms with Gasteiger partial charge in [-0.3, -0.25) is 4.79 Å². The molecule has 1 heterocycles. The molecule has 2 aromatic rings. The van der Waals surface area contributed by atoms with Gasteiger partial charge >= 0.3 is 0 Å². The number of phenolic OH excluding ortho intramolecular Hbond substituents is 1. The zero-order valence-electron chi connectivity index (χ0n) is 11.7. The van der Waals surface area contributed by atoms with Crippen LogP contribution in [0, 0.1) is 0 Å². The van der Waals surface area contributed by atoms with Crippen LogP contribution in [0.3, 0.4) is 0 Å². The summed E-state index contributed by atoms with van der Waals surface area (Å²) in [6.45, 7) is 1.02. The molecule has 1 atom stereocenters. The lowest BCUT2D eigenvalue weighted by atomic mass is 9.93. The molecule has 0 bridgehead atoms. The van der Waals surface area contributed by atoms with Gasteiger partial charge in [0.05, 0.1) is 0 Å². The molecule has 0 radical (unpaired) electrons. The van der Waals surface area contributed by atoms with Gasteiger partial charge in [0.15, 0.2) is 0 Å². The molecule has 108 valence electrons. The predicted octanol–water partition coefficient (Wildman–Crippen LogP) is 1.92. The first-order valence-corrected chi connectivity index (χ1v) is 7.06. The number of hydrogen-bond donors (Lipinski definition) is 2. The number of rotatable bonds is 2. The Kier molecular flexibility index (Phi) is 3.62. The van der Waals surface area contributed by atoms with Crippen LogP contribution in [-0.2, 0) is 13.0 Å². The Balaban J connectivity index is 1.90. The minimum absolute atomic E-state index is 0.0150. The highest BCUT2D eigenvalue weighted by molar-refractivity contribution is 5.94. The number of nitrogens with zero attached hydrogens (tertiary/aromatic N) is 1. The van der Waals surface area contributed by atoms with E-state index in [0.717, 1.165) is 6.42 Å². The first-order chi connectivity index (χ1) is 10.2. The second kappa shape index (κ2) is 5.58. The molecule has 0 aliphatic carbocycles. The van der Waals surface area contributed by atoms with E-state index in [1.807, 2.05) is 17.0 Å². The third-order valence-corrected chi connectivity index (χ3v) is 4.00. The van der Waals surface area contributed by atoms with Gasteiger partial charge < -0.3 is 15.7 Å². The highest BCUT2D eigenvalue weighted by Crippen LogP contribution is 2.25. The van der Waals surface area contributed by atoms with Crippen LogP contribution in [0.15, 0.2) is 48.5 Å². The molecule has 0 unspecified atom stereocenters. The van der Waals surface area contributed by atoms with Crippen LogP contribution in [0.1, 0.15) is 21.5 Å². The van der Waals surface area contributed by atoms with E-state index < -0.39 is 0 Å². The number of hydrogen-bond acceptors (Lipinski definition) is 3. The highest BCUT2D eigenvalue weighted by atomic mass is 16.3. The zero-order chi connectivity index (χ0) is 14.8. The van der Waals surface area contributed by atoms with Crippen LogP contribution >= 0.6 is 0 Å². The molecule has 3 N–H and O–H groups in total. The molecule has 3 rings (SSSR count). The normalized spacial score (nSPS) is 17.4. The summed E-state index contributed by atoms with van der Waals surface area (Å²) in [5, 5.41) is 9.33. The molecular weight excluding hydrogens is 264 g/mol. The summed E-state index contributed by atoms with van der Waals surface area (Å²) in [7, 11) is 0. The quantitative estimate of drug-likeness (QED) is 0.884. The number of carbonyl (C=O) groups excluding carboxylic acids is 1. The lowest BCUT2D eigenvalue weighted by Crippen LogP contribution is -2.48. The van der Waals surface area contributed by atoms with Crippen LogP contribution in [-0.4, -0.2) is 28.5 Å². The molecule has 0 spiro atoms. The first-order valence-electron chi connectivity index (χ1n) is 7.06. The third-order valence-electron chi connectivity index (χ3n) is 4.00. The van der Waals surface area contributed by atoms with Crippen LogP contribution in [0.2, 0.25) is 0 Å². The smallest absolute Gasteiger partial charge is 0.254 e. The fourth-order valence-electron chi connectivity index (χ4n) is 2.81. The van der Waals surface area contributed by atoms with Gasteiger partial charge in [-0.25, -0.2) is 0 Å². The second-order valence-corrected chi connectivity index (χ2v) is 5.34. The topological polar surface area (TPSA) is 66.6 Å². The standard InChI is InChI=1S/C17H18N2O2/c18-10-15-9-13-3-1-2-4-14(13)11-19(15)17(21)12-5-7-16(20)8-6-12/h1-8,15,20H,9-11,18H2/t15-/m0/s1. The summed E-state index contributed by atoms with van der Waals surface area (Å²) in [5.74, 6) is 0.117. The Morgan fingerprint density at radius 1 is 1.14 bits per heavy atom. The van der Waals surface area contributed by atoms with Gasteiger partial charge in [0.25, 0.3) is 5.91 Å². The largest absolute Gasteiger partial charge is 0.508 e. The Morgan fingerprint density at radius 3 is 2.48 bits per heavy atom. The average molecular weight is 282 g/mol. The van der Waals surface area contributed by atoms with E-state index in [4.69, 9.17) is 5.73 Å². The lowest BCUT2D eigenvalue weighted by molar-refractivity contribution is 0.0648. The number of carbonyl (C=O) groups is 1. The van der Waals surface area contributed by atoms with E-state index >= 15 is 0 Å². The molecule has 1 aliphatic heterocycles. The second-order valence-electron chi connectivity index (χ2n) is 5.34. The van der Waals surface area contributed by atoms with Crippen molar-refractivity contribution in [2.45, 2.75) is 19.0 Å². The minimum atomic E-state index is -0.0417. The van der Waals surface area contributed by atoms with Crippen molar-refractivity contribution in [3.05, 3.63) is 65.2 Å². The summed E-state index contributed by atoms with van der Waals surface area (Å²) >= 11 is 0. The molecule has 0 saturated heterocycles. The van der Waals surface area contributed by atoms with Gasteiger partial charge in [-0.1, -0.05) is 24.3 Å². The molecule has 2 aromatic carbocycles. The highest BCUT2D eigenvalue weighted by Gasteiger charge is 2.29. The molecule has 1 aliphatic rings. The van der Waals surface area contributed by atoms with Gasteiger partial charge in [-0.15, -0.1) is 0 Å². The van der Waals surface area contributed by atoms with Gasteiger partial charge in [-0.2, -0.15) is 0 Å². The number of phenols is 1. The molecule has 0 saturated carbocycles. The van der Waals surface area contributed by atoms with E-state index in [-0.39, 0.29) is 17.7 Å². The number of nitrogens with two attached hydrogens (primary N) is 1. The Morgan fingerprint density at radius 2 is 1.81 bits per heavy atom. The maximum Gasteiger partial charge on any atom is 0.254 e. The van der Waals surface area contributed by atoms with Crippen LogP contribution in [0.25, 0.3) is 0 Å².